The quantitative estimate of drug-likeness (QED) is 0.527. The zero-order valence-corrected chi connectivity index (χ0v) is 19.9. The third-order valence-corrected chi connectivity index (χ3v) is 7.90. The highest BCUT2D eigenvalue weighted by molar-refractivity contribution is 5.97. The van der Waals surface area contributed by atoms with E-state index in [2.05, 4.69) is 0 Å². The van der Waals surface area contributed by atoms with Crippen molar-refractivity contribution >= 4 is 17.7 Å². The molecule has 0 saturated heterocycles. The van der Waals surface area contributed by atoms with E-state index in [-0.39, 0.29) is 30.0 Å². The molecule has 0 aromatic heterocycles. The van der Waals surface area contributed by atoms with Crippen LogP contribution < -0.4 is 0 Å². The Balaban J connectivity index is 2.12. The molecule has 7 unspecified atom stereocenters. The van der Waals surface area contributed by atoms with Crippen molar-refractivity contribution in [3.8, 4) is 0 Å². The summed E-state index contributed by atoms with van der Waals surface area (Å²) < 4.78 is 11.8. The molecule has 0 radical (unpaired) electrons. The Kier molecular flexibility index (Phi) is 6.02. The lowest BCUT2D eigenvalue weighted by Gasteiger charge is -2.65. The molecule has 172 valence electrons. The number of rotatable bonds is 5. The molecule has 0 aliphatic heterocycles. The Hall–Kier alpha value is -1.95. The molecule has 3 aliphatic carbocycles. The summed E-state index contributed by atoms with van der Waals surface area (Å²) in [6, 6.07) is 0. The molecule has 2 fully saturated rings. The summed E-state index contributed by atoms with van der Waals surface area (Å²) in [5.41, 5.74) is -0.104. The standard InChI is InChI=1S/C25H36O6/c1-9-13(4)23(29)31-22-20(30-16(27)10-12(2)3)21(28)24(6,7)19-17-14(5)11-15(26)18(19)25(17,22)8/h9,11-12,17-22,28H,10H2,1-8H3. The lowest BCUT2D eigenvalue weighted by atomic mass is 9.37. The van der Waals surface area contributed by atoms with Crippen LogP contribution in [0.2, 0.25) is 0 Å². The number of aliphatic hydroxyl groups is 1. The van der Waals surface area contributed by atoms with E-state index in [1.54, 1.807) is 26.0 Å². The van der Waals surface area contributed by atoms with Crippen LogP contribution in [0.15, 0.2) is 23.3 Å². The number of ketones is 1. The van der Waals surface area contributed by atoms with Gasteiger partial charge in [-0.1, -0.05) is 46.3 Å². The summed E-state index contributed by atoms with van der Waals surface area (Å²) in [6.07, 6.45) is 0.478. The van der Waals surface area contributed by atoms with Crippen LogP contribution in [0.4, 0.5) is 0 Å². The molecule has 3 rings (SSSR count). The predicted octanol–water partition coefficient (Wildman–Crippen LogP) is 3.62. The minimum absolute atomic E-state index is 0.00858. The molecular formula is C25H36O6. The zero-order chi connectivity index (χ0) is 23.5. The summed E-state index contributed by atoms with van der Waals surface area (Å²) in [5.74, 6) is -1.44. The Morgan fingerprint density at radius 1 is 1.19 bits per heavy atom. The summed E-state index contributed by atoms with van der Waals surface area (Å²) >= 11 is 0. The van der Waals surface area contributed by atoms with Crippen LogP contribution in [0.3, 0.4) is 0 Å². The van der Waals surface area contributed by atoms with Crippen molar-refractivity contribution in [2.75, 3.05) is 0 Å². The van der Waals surface area contributed by atoms with E-state index >= 15 is 0 Å². The summed E-state index contributed by atoms with van der Waals surface area (Å²) in [6.45, 7) is 14.9. The second-order valence-electron chi connectivity index (χ2n) is 10.8. The van der Waals surface area contributed by atoms with Crippen LogP contribution in [0.5, 0.6) is 0 Å². The first-order valence-electron chi connectivity index (χ1n) is 11.2. The van der Waals surface area contributed by atoms with Crippen LogP contribution >= 0.6 is 0 Å². The monoisotopic (exact) mass is 432 g/mol. The van der Waals surface area contributed by atoms with Crippen molar-refractivity contribution in [3.05, 3.63) is 23.3 Å². The molecule has 31 heavy (non-hydrogen) atoms. The second-order valence-corrected chi connectivity index (χ2v) is 10.8. The normalized spacial score (nSPS) is 38.7. The minimum atomic E-state index is -1.08. The molecule has 2 saturated carbocycles. The highest BCUT2D eigenvalue weighted by atomic mass is 16.6. The number of ether oxygens (including phenoxy) is 2. The number of carbonyl (C=O) groups is 3. The first kappa shape index (κ1) is 23.7. The number of aliphatic hydroxyl groups excluding tert-OH is 1. The highest BCUT2D eigenvalue weighted by Crippen LogP contribution is 2.72. The van der Waals surface area contributed by atoms with Gasteiger partial charge >= 0.3 is 11.9 Å². The number of hydrogen-bond acceptors (Lipinski definition) is 6. The predicted molar refractivity (Wildman–Crippen MR) is 116 cm³/mol. The molecule has 0 aromatic carbocycles. The zero-order valence-electron chi connectivity index (χ0n) is 19.9. The van der Waals surface area contributed by atoms with Gasteiger partial charge in [0.05, 0.1) is 0 Å². The smallest absolute Gasteiger partial charge is 0.333 e. The molecule has 6 heteroatoms. The number of hydrogen-bond donors (Lipinski definition) is 1. The van der Waals surface area contributed by atoms with Crippen molar-refractivity contribution < 1.29 is 29.0 Å². The van der Waals surface area contributed by atoms with E-state index in [1.165, 1.54) is 0 Å². The van der Waals surface area contributed by atoms with Crippen LogP contribution in [-0.4, -0.2) is 41.1 Å². The molecule has 7 atom stereocenters. The molecular weight excluding hydrogens is 396 g/mol. The van der Waals surface area contributed by atoms with Crippen LogP contribution in [0.1, 0.15) is 61.8 Å². The summed E-state index contributed by atoms with van der Waals surface area (Å²) in [7, 11) is 0. The largest absolute Gasteiger partial charge is 0.456 e. The van der Waals surface area contributed by atoms with Gasteiger partial charge in [0.1, 0.15) is 12.2 Å². The molecule has 0 heterocycles. The van der Waals surface area contributed by atoms with Gasteiger partial charge in [0, 0.05) is 23.3 Å². The van der Waals surface area contributed by atoms with Gasteiger partial charge in [-0.25, -0.2) is 4.79 Å². The third-order valence-electron chi connectivity index (χ3n) is 7.90. The van der Waals surface area contributed by atoms with Crippen molar-refractivity contribution in [3.63, 3.8) is 0 Å². The van der Waals surface area contributed by atoms with Gasteiger partial charge in [-0.2, -0.15) is 0 Å². The fourth-order valence-electron chi connectivity index (χ4n) is 6.24. The second kappa shape index (κ2) is 7.88. The number of esters is 2. The van der Waals surface area contributed by atoms with E-state index < -0.39 is 47.0 Å². The van der Waals surface area contributed by atoms with Gasteiger partial charge in [-0.3, -0.25) is 9.59 Å². The Labute approximate surface area is 185 Å². The van der Waals surface area contributed by atoms with Gasteiger partial charge < -0.3 is 14.6 Å². The highest BCUT2D eigenvalue weighted by Gasteiger charge is 2.76. The Morgan fingerprint density at radius 2 is 1.81 bits per heavy atom. The van der Waals surface area contributed by atoms with E-state index in [0.717, 1.165) is 5.57 Å². The van der Waals surface area contributed by atoms with Gasteiger partial charge in [0.25, 0.3) is 0 Å². The first-order chi connectivity index (χ1) is 14.3. The molecule has 6 nitrogen and oxygen atoms in total. The Bertz CT molecular complexity index is 850. The van der Waals surface area contributed by atoms with E-state index in [0.29, 0.717) is 5.57 Å². The van der Waals surface area contributed by atoms with E-state index in [4.69, 9.17) is 9.47 Å². The van der Waals surface area contributed by atoms with E-state index in [1.807, 2.05) is 41.5 Å². The maximum atomic E-state index is 13.1. The lowest BCUT2D eigenvalue weighted by Crippen LogP contribution is -2.68. The Morgan fingerprint density at radius 3 is 2.32 bits per heavy atom. The van der Waals surface area contributed by atoms with Crippen LogP contribution in [-0.2, 0) is 23.9 Å². The fourth-order valence-corrected chi connectivity index (χ4v) is 6.24. The fraction of sp³-hybridized carbons (Fsp3) is 0.720. The molecule has 0 amide bonds. The topological polar surface area (TPSA) is 89.9 Å². The lowest BCUT2D eigenvalue weighted by molar-refractivity contribution is -0.213. The SMILES string of the molecule is CC=C(C)C(=O)OC1C(OC(=O)CC(C)C)C(O)C(C)(C)C2C3C(=O)C=C(C)C2C13C. The minimum Gasteiger partial charge on any atom is -0.456 e. The van der Waals surface area contributed by atoms with E-state index in [9.17, 15) is 19.5 Å². The van der Waals surface area contributed by atoms with Gasteiger partial charge in [0.15, 0.2) is 11.9 Å². The van der Waals surface area contributed by atoms with Crippen LogP contribution in [0.25, 0.3) is 0 Å². The maximum absolute atomic E-state index is 13.1. The number of allylic oxidation sites excluding steroid dienone is 3. The number of fused-ring (bicyclic) bond motifs is 1. The molecule has 0 aromatic rings. The van der Waals surface area contributed by atoms with Crippen LogP contribution in [0, 0.1) is 34.5 Å². The third kappa shape index (κ3) is 3.47. The van der Waals surface area contributed by atoms with Crippen molar-refractivity contribution in [2.24, 2.45) is 34.5 Å². The first-order valence-corrected chi connectivity index (χ1v) is 11.2. The van der Waals surface area contributed by atoms with Gasteiger partial charge in [-0.05, 0) is 50.0 Å². The molecule has 3 aliphatic rings. The van der Waals surface area contributed by atoms with Crippen molar-refractivity contribution in [1.82, 2.24) is 0 Å². The number of carbonyl (C=O) groups excluding carboxylic acids is 3. The molecule has 0 spiro atoms. The summed E-state index contributed by atoms with van der Waals surface area (Å²) in [4.78, 5) is 38.5. The molecule has 1 N–H and O–H groups in total. The van der Waals surface area contributed by atoms with Crippen molar-refractivity contribution in [1.29, 1.82) is 0 Å². The maximum Gasteiger partial charge on any atom is 0.333 e. The van der Waals surface area contributed by atoms with Gasteiger partial charge in [0.2, 0.25) is 0 Å². The average Bonchev–Trinajstić information content (AvgIpc) is 2.73. The van der Waals surface area contributed by atoms with Crippen molar-refractivity contribution in [2.45, 2.75) is 80.1 Å². The summed E-state index contributed by atoms with van der Waals surface area (Å²) in [5, 5.41) is 11.5. The molecule has 4 bridgehead atoms. The van der Waals surface area contributed by atoms with Gasteiger partial charge in [-0.15, -0.1) is 0 Å². The average molecular weight is 433 g/mol.